The van der Waals surface area contributed by atoms with E-state index in [0.717, 1.165) is 14.9 Å². The second kappa shape index (κ2) is 4.29. The highest BCUT2D eigenvalue weighted by atomic mass is 79.9. The Morgan fingerprint density at radius 3 is 2.93 bits per heavy atom. The van der Waals surface area contributed by atoms with Crippen LogP contribution in [0.25, 0.3) is 0 Å². The summed E-state index contributed by atoms with van der Waals surface area (Å²) in [6, 6.07) is 3.81. The Labute approximate surface area is 94.3 Å². The Morgan fingerprint density at radius 1 is 1.50 bits per heavy atom. The Bertz CT molecular complexity index is 394. The van der Waals surface area contributed by atoms with Gasteiger partial charge in [-0.1, -0.05) is 0 Å². The minimum absolute atomic E-state index is 0.457. The molecule has 0 amide bonds. The first-order valence-electron chi connectivity index (χ1n) is 4.19. The zero-order chi connectivity index (χ0) is 9.97. The second-order valence-corrected chi connectivity index (χ2v) is 4.79. The maximum absolute atomic E-state index is 9.90. The molecule has 0 aliphatic rings. The van der Waals surface area contributed by atoms with E-state index in [4.69, 9.17) is 4.42 Å². The third-order valence-electron chi connectivity index (χ3n) is 1.96. The quantitative estimate of drug-likeness (QED) is 0.930. The highest BCUT2D eigenvalue weighted by Gasteiger charge is 2.13. The zero-order valence-corrected chi connectivity index (χ0v) is 9.72. The van der Waals surface area contributed by atoms with E-state index in [1.165, 1.54) is 0 Å². The van der Waals surface area contributed by atoms with Gasteiger partial charge in [0.1, 0.15) is 0 Å². The first-order chi connectivity index (χ1) is 6.77. The Morgan fingerprint density at radius 2 is 2.36 bits per heavy atom. The predicted molar refractivity (Wildman–Crippen MR) is 59.4 cm³/mol. The van der Waals surface area contributed by atoms with E-state index in [0.29, 0.717) is 6.42 Å². The van der Waals surface area contributed by atoms with E-state index in [1.54, 1.807) is 23.9 Å². The third kappa shape index (κ3) is 2.08. The molecule has 0 saturated carbocycles. The first-order valence-corrected chi connectivity index (χ1v) is 5.86. The van der Waals surface area contributed by atoms with Crippen LogP contribution < -0.4 is 0 Å². The average molecular weight is 273 g/mol. The van der Waals surface area contributed by atoms with E-state index < -0.39 is 6.10 Å². The minimum Gasteiger partial charge on any atom is -0.472 e. The Hall–Kier alpha value is -0.580. The number of furan rings is 1. The van der Waals surface area contributed by atoms with Crippen molar-refractivity contribution >= 4 is 27.3 Å². The van der Waals surface area contributed by atoms with Crippen molar-refractivity contribution in [2.75, 3.05) is 0 Å². The van der Waals surface area contributed by atoms with Crippen LogP contribution in [0.1, 0.15) is 16.5 Å². The van der Waals surface area contributed by atoms with Crippen LogP contribution in [0.15, 0.2) is 38.9 Å². The molecule has 0 spiro atoms. The van der Waals surface area contributed by atoms with Crippen molar-refractivity contribution in [1.29, 1.82) is 0 Å². The molecule has 0 fully saturated rings. The summed E-state index contributed by atoms with van der Waals surface area (Å²) in [7, 11) is 0. The molecule has 0 bridgehead atoms. The van der Waals surface area contributed by atoms with Crippen molar-refractivity contribution in [2.24, 2.45) is 0 Å². The number of aliphatic hydroxyl groups excluding tert-OH is 1. The fraction of sp³-hybridized carbons (Fsp3) is 0.200. The van der Waals surface area contributed by atoms with Crippen molar-refractivity contribution in [2.45, 2.75) is 12.5 Å². The molecule has 0 aliphatic heterocycles. The van der Waals surface area contributed by atoms with Crippen molar-refractivity contribution < 1.29 is 9.52 Å². The van der Waals surface area contributed by atoms with E-state index in [2.05, 4.69) is 15.9 Å². The Kier molecular flexibility index (Phi) is 3.05. The molecule has 4 heteroatoms. The Balaban J connectivity index is 2.10. The molecule has 2 rings (SSSR count). The molecule has 1 atom stereocenters. The molecule has 2 aromatic heterocycles. The average Bonchev–Trinajstić information content (AvgIpc) is 2.75. The summed E-state index contributed by atoms with van der Waals surface area (Å²) in [6.45, 7) is 0. The summed E-state index contributed by atoms with van der Waals surface area (Å²) in [5.41, 5.74) is 1.01. The van der Waals surface area contributed by atoms with Gasteiger partial charge in [-0.3, -0.25) is 0 Å². The molecule has 1 N–H and O–H groups in total. The van der Waals surface area contributed by atoms with Crippen LogP contribution in [0.3, 0.4) is 0 Å². The van der Waals surface area contributed by atoms with E-state index in [1.807, 2.05) is 17.5 Å². The topological polar surface area (TPSA) is 33.4 Å². The van der Waals surface area contributed by atoms with Crippen molar-refractivity contribution in [3.63, 3.8) is 0 Å². The molecular weight excluding hydrogens is 264 g/mol. The van der Waals surface area contributed by atoms with Crippen LogP contribution in [0.4, 0.5) is 0 Å². The number of thiophene rings is 1. The highest BCUT2D eigenvalue weighted by Crippen LogP contribution is 2.30. The van der Waals surface area contributed by atoms with E-state index in [-0.39, 0.29) is 0 Å². The fourth-order valence-corrected chi connectivity index (χ4v) is 2.89. The van der Waals surface area contributed by atoms with Crippen molar-refractivity contribution in [3.8, 4) is 0 Å². The number of rotatable bonds is 3. The predicted octanol–water partition coefficient (Wildman–Crippen LogP) is 3.38. The molecule has 2 heterocycles. The second-order valence-electron chi connectivity index (χ2n) is 2.98. The lowest BCUT2D eigenvalue weighted by molar-refractivity contribution is 0.181. The number of hydrogen-bond acceptors (Lipinski definition) is 3. The lowest BCUT2D eigenvalue weighted by Gasteiger charge is -2.07. The molecule has 2 nitrogen and oxygen atoms in total. The van der Waals surface area contributed by atoms with Crippen LogP contribution in [-0.2, 0) is 6.42 Å². The SMILES string of the molecule is OC(Cc1ccoc1)c1sccc1Br. The van der Waals surface area contributed by atoms with Crippen LogP contribution in [0, 0.1) is 0 Å². The van der Waals surface area contributed by atoms with Crippen LogP contribution in [-0.4, -0.2) is 5.11 Å². The molecule has 14 heavy (non-hydrogen) atoms. The molecule has 0 saturated heterocycles. The van der Waals surface area contributed by atoms with Gasteiger partial charge >= 0.3 is 0 Å². The summed E-state index contributed by atoms with van der Waals surface area (Å²) >= 11 is 4.95. The van der Waals surface area contributed by atoms with Gasteiger partial charge in [0.15, 0.2) is 0 Å². The third-order valence-corrected chi connectivity index (χ3v) is 3.93. The largest absolute Gasteiger partial charge is 0.472 e. The lowest BCUT2D eigenvalue weighted by atomic mass is 10.1. The fourth-order valence-electron chi connectivity index (χ4n) is 1.27. The number of hydrogen-bond donors (Lipinski definition) is 1. The molecule has 0 radical (unpaired) electrons. The van der Waals surface area contributed by atoms with Crippen molar-refractivity contribution in [3.05, 3.63) is 45.0 Å². The maximum atomic E-state index is 9.90. The standard InChI is InChI=1S/C10H9BrO2S/c11-8-2-4-14-10(8)9(12)5-7-1-3-13-6-7/h1-4,6,9,12H,5H2. The smallest absolute Gasteiger partial charge is 0.0935 e. The summed E-state index contributed by atoms with van der Waals surface area (Å²) < 4.78 is 5.91. The minimum atomic E-state index is -0.457. The number of aliphatic hydroxyl groups is 1. The van der Waals surface area contributed by atoms with E-state index in [9.17, 15) is 5.11 Å². The van der Waals surface area contributed by atoms with Crippen LogP contribution in [0.5, 0.6) is 0 Å². The normalized spacial score (nSPS) is 13.0. The highest BCUT2D eigenvalue weighted by molar-refractivity contribution is 9.10. The molecule has 1 unspecified atom stereocenters. The van der Waals surface area contributed by atoms with Crippen LogP contribution >= 0.6 is 27.3 Å². The van der Waals surface area contributed by atoms with Gasteiger partial charge in [0, 0.05) is 15.8 Å². The van der Waals surface area contributed by atoms with Gasteiger partial charge in [0.05, 0.1) is 18.6 Å². The number of halogens is 1. The van der Waals surface area contributed by atoms with Gasteiger partial charge in [0.25, 0.3) is 0 Å². The van der Waals surface area contributed by atoms with Gasteiger partial charge in [-0.2, -0.15) is 0 Å². The summed E-state index contributed by atoms with van der Waals surface area (Å²) in [6.07, 6.45) is 3.41. The van der Waals surface area contributed by atoms with Crippen molar-refractivity contribution in [1.82, 2.24) is 0 Å². The lowest BCUT2D eigenvalue weighted by Crippen LogP contribution is -1.98. The van der Waals surface area contributed by atoms with E-state index >= 15 is 0 Å². The summed E-state index contributed by atoms with van der Waals surface area (Å²) in [5, 5.41) is 11.9. The van der Waals surface area contributed by atoms with Gasteiger partial charge in [-0.15, -0.1) is 11.3 Å². The van der Waals surface area contributed by atoms with Gasteiger partial charge in [-0.25, -0.2) is 0 Å². The summed E-state index contributed by atoms with van der Waals surface area (Å²) in [4.78, 5) is 0.964. The molecule has 2 aromatic rings. The van der Waals surface area contributed by atoms with Gasteiger partial charge < -0.3 is 9.52 Å². The van der Waals surface area contributed by atoms with Gasteiger partial charge in [-0.05, 0) is 39.0 Å². The molecular formula is C10H9BrO2S. The summed E-state index contributed by atoms with van der Waals surface area (Å²) in [5.74, 6) is 0. The van der Waals surface area contributed by atoms with Gasteiger partial charge in [0.2, 0.25) is 0 Å². The molecule has 0 aromatic carbocycles. The maximum Gasteiger partial charge on any atom is 0.0935 e. The zero-order valence-electron chi connectivity index (χ0n) is 7.31. The molecule has 0 aliphatic carbocycles. The first kappa shape index (κ1) is 9.96. The van der Waals surface area contributed by atoms with Crippen LogP contribution in [0.2, 0.25) is 0 Å². The monoisotopic (exact) mass is 272 g/mol. The molecule has 74 valence electrons.